The molecule has 49 heavy (non-hydrogen) atoms. The van der Waals surface area contributed by atoms with E-state index in [1.54, 1.807) is 36.4 Å². The Kier molecular flexibility index (Phi) is 15.3. The van der Waals surface area contributed by atoms with Crippen LogP contribution in [-0.2, 0) is 19.0 Å². The Hall–Kier alpha value is -4.69. The molecule has 1 N–H and O–H groups in total. The van der Waals surface area contributed by atoms with Crippen molar-refractivity contribution < 1.29 is 40.4 Å². The van der Waals surface area contributed by atoms with Gasteiger partial charge in [-0.15, -0.1) is 11.8 Å². The largest absolute Gasteiger partial charge is 0.534 e. The molecule has 0 spiro atoms. The topological polar surface area (TPSA) is 89.9 Å². The van der Waals surface area contributed by atoms with Crippen LogP contribution in [-0.4, -0.2) is 25.3 Å². The summed E-state index contributed by atoms with van der Waals surface area (Å²) in [5.41, 5.74) is -1.74. The first-order chi connectivity index (χ1) is 23.5. The summed E-state index contributed by atoms with van der Waals surface area (Å²) in [5.74, 6) is 5.44. The Morgan fingerprint density at radius 1 is 0.898 bits per heavy atom. The molecule has 4 aromatic rings. The molecule has 10 heteroatoms. The number of alkyl halides is 3. The number of hydrogen-bond acceptors (Lipinski definition) is 6. The number of rotatable bonds is 8. The lowest BCUT2D eigenvalue weighted by Gasteiger charge is -2.34. The maximum absolute atomic E-state index is 12.7. The van der Waals surface area contributed by atoms with Gasteiger partial charge in [0, 0.05) is 17.6 Å². The van der Waals surface area contributed by atoms with Gasteiger partial charge in [0.1, 0.15) is 18.1 Å². The molecule has 0 saturated carbocycles. The van der Waals surface area contributed by atoms with Crippen LogP contribution in [0.3, 0.4) is 0 Å². The van der Waals surface area contributed by atoms with E-state index in [2.05, 4.69) is 16.0 Å². The van der Waals surface area contributed by atoms with E-state index in [1.165, 1.54) is 6.92 Å². The van der Waals surface area contributed by atoms with Crippen molar-refractivity contribution >= 4 is 16.4 Å². The lowest BCUT2D eigenvalue weighted by Crippen LogP contribution is -2.26. The van der Waals surface area contributed by atoms with Crippen LogP contribution in [0.25, 0.3) is 0 Å². The fraction of sp³-hybridized carbons (Fsp3) is 0.256. The summed E-state index contributed by atoms with van der Waals surface area (Å²) in [4.78, 5) is 10.0. The molecule has 6 nitrogen and oxygen atoms in total. The molecule has 1 aliphatic heterocycles. The molecule has 4 aromatic carbocycles. The van der Waals surface area contributed by atoms with Crippen LogP contribution in [0.2, 0.25) is 0 Å². The van der Waals surface area contributed by atoms with Crippen LogP contribution in [0.15, 0.2) is 133 Å². The van der Waals surface area contributed by atoms with E-state index in [0.29, 0.717) is 30.4 Å². The van der Waals surface area contributed by atoms with Gasteiger partial charge in [-0.2, -0.15) is 21.6 Å². The van der Waals surface area contributed by atoms with Crippen molar-refractivity contribution in [2.75, 3.05) is 0 Å². The molecule has 0 aliphatic carbocycles. The Morgan fingerprint density at radius 3 is 1.90 bits per heavy atom. The predicted octanol–water partition coefficient (Wildman–Crippen LogP) is 9.44. The second kappa shape index (κ2) is 19.3. The van der Waals surface area contributed by atoms with Crippen molar-refractivity contribution in [1.29, 1.82) is 0 Å². The van der Waals surface area contributed by atoms with Crippen LogP contribution in [0, 0.1) is 11.8 Å². The smallest absolute Gasteiger partial charge is 0.388 e. The monoisotopic (exact) mass is 692 g/mol. The summed E-state index contributed by atoms with van der Waals surface area (Å²) in [6.07, 6.45) is 1.80. The van der Waals surface area contributed by atoms with Crippen molar-refractivity contribution in [3.05, 3.63) is 155 Å². The molecule has 3 atom stereocenters. The fourth-order valence-corrected chi connectivity index (χ4v) is 5.42. The Balaban J connectivity index is 0.000000253. The molecule has 1 unspecified atom stereocenters. The number of ether oxygens (including phenoxy) is 1. The van der Waals surface area contributed by atoms with Gasteiger partial charge in [-0.1, -0.05) is 121 Å². The minimum atomic E-state index is -5.73. The maximum atomic E-state index is 12.7. The second-order valence-electron chi connectivity index (χ2n) is 10.8. The number of aliphatic hydroxyl groups is 1. The summed E-state index contributed by atoms with van der Waals surface area (Å²) < 4.78 is 71.5. The standard InChI is InChI=1S/C20H19F3O4S.C12H14O.C7H6O/c1-14(27-28(24,25)20(21,22)23)17-12-13-18(15-8-4-2-5-9-15)26-19(17)16-10-6-3-7-11-16;1-2-3-5-10-12(13)11-8-6-4-7-9-11;8-6-7-4-2-1-3-5-7/h2-11,18-19H,12-13H2,1H3;4,6-9,12-13H,5,10H2,1H3;1-6H/b17-14+;;/t18-,19-;;/m0../s1. The Bertz CT molecular complexity index is 1770. The highest BCUT2D eigenvalue weighted by atomic mass is 32.2. The van der Waals surface area contributed by atoms with E-state index in [9.17, 15) is 31.5 Å². The third-order valence-electron chi connectivity index (χ3n) is 7.38. The summed E-state index contributed by atoms with van der Waals surface area (Å²) >= 11 is 0. The van der Waals surface area contributed by atoms with Crippen LogP contribution in [0.4, 0.5) is 13.2 Å². The highest BCUT2D eigenvalue weighted by molar-refractivity contribution is 7.87. The summed E-state index contributed by atoms with van der Waals surface area (Å²) in [5, 5.41) is 9.68. The first kappa shape index (κ1) is 38.8. The normalized spacial score (nSPS) is 17.3. The number of aldehydes is 1. The molecular weight excluding hydrogens is 653 g/mol. The van der Waals surface area contributed by atoms with Crippen molar-refractivity contribution in [3.8, 4) is 11.8 Å². The maximum Gasteiger partial charge on any atom is 0.534 e. The third kappa shape index (κ3) is 12.4. The number of hydrogen-bond donors (Lipinski definition) is 1. The molecule has 0 amide bonds. The Morgan fingerprint density at radius 2 is 1.41 bits per heavy atom. The van der Waals surface area contributed by atoms with Gasteiger partial charge in [0.15, 0.2) is 0 Å². The molecular formula is C39H39F3O6S. The summed E-state index contributed by atoms with van der Waals surface area (Å²) in [7, 11) is -5.73. The van der Waals surface area contributed by atoms with Crippen molar-refractivity contribution in [3.63, 3.8) is 0 Å². The second-order valence-corrected chi connectivity index (χ2v) is 12.4. The highest BCUT2D eigenvalue weighted by Crippen LogP contribution is 2.44. The predicted molar refractivity (Wildman–Crippen MR) is 183 cm³/mol. The lowest BCUT2D eigenvalue weighted by molar-refractivity contribution is -0.0530. The first-order valence-electron chi connectivity index (χ1n) is 15.6. The molecule has 0 radical (unpaired) electrons. The van der Waals surface area contributed by atoms with E-state index in [1.807, 2.05) is 91.9 Å². The molecule has 1 aliphatic rings. The average molecular weight is 693 g/mol. The fourth-order valence-electron chi connectivity index (χ4n) is 4.89. The molecule has 1 heterocycles. The van der Waals surface area contributed by atoms with Crippen LogP contribution in [0.5, 0.6) is 0 Å². The summed E-state index contributed by atoms with van der Waals surface area (Å²) in [6.45, 7) is 3.04. The number of aliphatic hydroxyl groups excluding tert-OH is 1. The number of carbonyl (C=O) groups excluding carboxylic acids is 1. The van der Waals surface area contributed by atoms with Gasteiger partial charge in [0.05, 0.1) is 12.2 Å². The lowest BCUT2D eigenvalue weighted by atomic mass is 9.90. The zero-order valence-corrected chi connectivity index (χ0v) is 28.0. The molecule has 5 rings (SSSR count). The van der Waals surface area contributed by atoms with Crippen LogP contribution in [0.1, 0.15) is 84.9 Å². The van der Waals surface area contributed by atoms with Crippen LogP contribution >= 0.6 is 0 Å². The van der Waals surface area contributed by atoms with Gasteiger partial charge in [0.2, 0.25) is 0 Å². The van der Waals surface area contributed by atoms with E-state index in [4.69, 9.17) is 4.74 Å². The molecule has 258 valence electrons. The van der Waals surface area contributed by atoms with E-state index >= 15 is 0 Å². The average Bonchev–Trinajstić information content (AvgIpc) is 3.13. The van der Waals surface area contributed by atoms with Gasteiger partial charge in [0.25, 0.3) is 0 Å². The van der Waals surface area contributed by atoms with Crippen LogP contribution < -0.4 is 0 Å². The number of halogens is 3. The van der Waals surface area contributed by atoms with E-state index in [-0.39, 0.29) is 18.0 Å². The van der Waals surface area contributed by atoms with Crippen molar-refractivity contribution in [1.82, 2.24) is 0 Å². The van der Waals surface area contributed by atoms with Crippen molar-refractivity contribution in [2.45, 2.75) is 63.4 Å². The molecule has 1 saturated heterocycles. The zero-order valence-electron chi connectivity index (χ0n) is 27.2. The van der Waals surface area contributed by atoms with Gasteiger partial charge in [-0.25, -0.2) is 0 Å². The Labute approximate surface area is 286 Å². The van der Waals surface area contributed by atoms with E-state index in [0.717, 1.165) is 29.4 Å². The molecule has 1 fully saturated rings. The highest BCUT2D eigenvalue weighted by Gasteiger charge is 2.49. The van der Waals surface area contributed by atoms with Gasteiger partial charge < -0.3 is 14.0 Å². The van der Waals surface area contributed by atoms with Crippen molar-refractivity contribution in [2.24, 2.45) is 0 Å². The number of benzene rings is 4. The SMILES string of the molecule is C/C(OS(=O)(=O)C(F)(F)F)=C1/CC[C@@H](c2ccccc2)O[C@H]1c1ccccc1.CC#CCCC(O)c1ccccc1.O=Cc1ccccc1. The van der Waals surface area contributed by atoms with Gasteiger partial charge in [-0.05, 0) is 49.8 Å². The number of allylic oxidation sites excluding steroid dienone is 1. The first-order valence-corrected chi connectivity index (χ1v) is 17.0. The minimum Gasteiger partial charge on any atom is -0.388 e. The van der Waals surface area contributed by atoms with Gasteiger partial charge >= 0.3 is 15.6 Å². The quantitative estimate of drug-likeness (QED) is 0.0651. The summed E-state index contributed by atoms with van der Waals surface area (Å²) in [6, 6.07) is 37.2. The molecule has 0 aromatic heterocycles. The van der Waals surface area contributed by atoms with Gasteiger partial charge in [-0.3, -0.25) is 4.79 Å². The number of carbonyl (C=O) groups is 1. The third-order valence-corrected chi connectivity index (χ3v) is 8.41. The molecule has 0 bridgehead atoms. The minimum absolute atomic E-state index is 0.262. The van der Waals surface area contributed by atoms with E-state index < -0.39 is 21.7 Å². The zero-order chi connectivity index (χ0) is 35.7.